The average Bonchev–Trinajstić information content (AvgIpc) is 2.91. The summed E-state index contributed by atoms with van der Waals surface area (Å²) in [4.78, 5) is 12.2. The maximum atomic E-state index is 12.2. The van der Waals surface area contributed by atoms with Crippen molar-refractivity contribution in [1.29, 1.82) is 5.26 Å². The van der Waals surface area contributed by atoms with Crippen molar-refractivity contribution in [2.45, 2.75) is 19.8 Å². The van der Waals surface area contributed by atoms with E-state index in [4.69, 9.17) is 9.15 Å². The number of ether oxygens (including phenoxy) is 1. The summed E-state index contributed by atoms with van der Waals surface area (Å²) >= 11 is 4.28. The molecule has 0 aliphatic carbocycles. The number of furan rings is 1. The minimum absolute atomic E-state index is 0.271. The number of carbonyl (C=O) groups excluding carboxylic acids is 1. The van der Waals surface area contributed by atoms with Crippen LogP contribution in [0.1, 0.15) is 25.3 Å². The zero-order chi connectivity index (χ0) is 14.7. The largest absolute Gasteiger partial charge is 0.472 e. The molecule has 104 valence electrons. The van der Waals surface area contributed by atoms with Crippen LogP contribution in [0.2, 0.25) is 0 Å². The fourth-order valence-electron chi connectivity index (χ4n) is 2.18. The number of esters is 1. The van der Waals surface area contributed by atoms with Gasteiger partial charge in [-0.15, -0.1) is 12.6 Å². The molecule has 1 aliphatic heterocycles. The Balaban J connectivity index is 2.55. The van der Waals surface area contributed by atoms with Gasteiger partial charge in [0.25, 0.3) is 0 Å². The lowest BCUT2D eigenvalue weighted by atomic mass is 9.84. The summed E-state index contributed by atoms with van der Waals surface area (Å²) in [5.74, 6) is -0.969. The van der Waals surface area contributed by atoms with E-state index in [1.165, 1.54) is 12.5 Å². The topological polar surface area (TPSA) is 75.3 Å². The SMILES string of the molecule is CCOC(=O)C1=C(C)NC(S)=C(C#N)[C@H]1c1ccoc1. The molecule has 1 N–H and O–H groups in total. The molecule has 0 unspecified atom stereocenters. The first kappa shape index (κ1) is 14.3. The van der Waals surface area contributed by atoms with Crippen LogP contribution in [-0.2, 0) is 9.53 Å². The molecule has 5 nitrogen and oxygen atoms in total. The molecule has 0 saturated carbocycles. The quantitative estimate of drug-likeness (QED) is 0.660. The highest BCUT2D eigenvalue weighted by atomic mass is 32.1. The van der Waals surface area contributed by atoms with Crippen LogP contribution >= 0.6 is 12.6 Å². The van der Waals surface area contributed by atoms with E-state index >= 15 is 0 Å². The molecule has 2 heterocycles. The van der Waals surface area contributed by atoms with Crippen LogP contribution < -0.4 is 5.32 Å². The van der Waals surface area contributed by atoms with Gasteiger partial charge in [0.05, 0.1) is 47.3 Å². The highest BCUT2D eigenvalue weighted by molar-refractivity contribution is 7.84. The maximum Gasteiger partial charge on any atom is 0.336 e. The number of rotatable bonds is 3. The molecular weight excluding hydrogens is 276 g/mol. The summed E-state index contributed by atoms with van der Waals surface area (Å²) < 4.78 is 10.2. The second-order valence-corrected chi connectivity index (χ2v) is 4.70. The predicted octanol–water partition coefficient (Wildman–Crippen LogP) is 2.47. The van der Waals surface area contributed by atoms with Crippen LogP contribution in [0, 0.1) is 11.3 Å². The van der Waals surface area contributed by atoms with Gasteiger partial charge in [0.1, 0.15) is 0 Å². The molecule has 0 spiro atoms. The molecule has 0 fully saturated rings. The van der Waals surface area contributed by atoms with Gasteiger partial charge in [-0.05, 0) is 19.9 Å². The molecule has 1 aliphatic rings. The van der Waals surface area contributed by atoms with Crippen molar-refractivity contribution in [3.63, 3.8) is 0 Å². The summed E-state index contributed by atoms with van der Waals surface area (Å²) in [6, 6.07) is 3.82. The molecular formula is C14H14N2O3S. The lowest BCUT2D eigenvalue weighted by molar-refractivity contribution is -0.138. The van der Waals surface area contributed by atoms with Crippen molar-refractivity contribution in [2.24, 2.45) is 0 Å². The van der Waals surface area contributed by atoms with E-state index in [0.717, 1.165) is 5.56 Å². The second kappa shape index (κ2) is 5.88. The Kier molecular flexibility index (Phi) is 4.20. The third-order valence-corrected chi connectivity index (χ3v) is 3.39. The number of hydrogen-bond acceptors (Lipinski definition) is 6. The van der Waals surface area contributed by atoms with Gasteiger partial charge in [0.2, 0.25) is 0 Å². The molecule has 1 aromatic rings. The van der Waals surface area contributed by atoms with Crippen LogP contribution in [0.5, 0.6) is 0 Å². The van der Waals surface area contributed by atoms with Crippen molar-refractivity contribution < 1.29 is 13.9 Å². The van der Waals surface area contributed by atoms with E-state index in [9.17, 15) is 10.1 Å². The predicted molar refractivity (Wildman–Crippen MR) is 75.5 cm³/mol. The minimum Gasteiger partial charge on any atom is -0.472 e. The smallest absolute Gasteiger partial charge is 0.336 e. The average molecular weight is 290 g/mol. The van der Waals surface area contributed by atoms with E-state index in [-0.39, 0.29) is 6.61 Å². The molecule has 1 aromatic heterocycles. The van der Waals surface area contributed by atoms with Crippen LogP contribution in [0.25, 0.3) is 0 Å². The first-order valence-electron chi connectivity index (χ1n) is 6.10. The monoisotopic (exact) mass is 290 g/mol. The zero-order valence-electron chi connectivity index (χ0n) is 11.1. The van der Waals surface area contributed by atoms with Gasteiger partial charge in [0, 0.05) is 11.3 Å². The van der Waals surface area contributed by atoms with Gasteiger partial charge in [0.15, 0.2) is 0 Å². The van der Waals surface area contributed by atoms with E-state index in [1.54, 1.807) is 19.9 Å². The number of carbonyl (C=O) groups is 1. The Labute approximate surface area is 122 Å². The van der Waals surface area contributed by atoms with Gasteiger partial charge >= 0.3 is 5.97 Å². The maximum absolute atomic E-state index is 12.2. The summed E-state index contributed by atoms with van der Waals surface area (Å²) in [6.07, 6.45) is 3.02. The normalized spacial score (nSPS) is 18.6. The van der Waals surface area contributed by atoms with E-state index in [2.05, 4.69) is 24.0 Å². The Morgan fingerprint density at radius 3 is 2.95 bits per heavy atom. The Hall–Kier alpha value is -2.13. The number of nitrogens with zero attached hydrogens (tertiary/aromatic N) is 1. The summed E-state index contributed by atoms with van der Waals surface area (Å²) in [5, 5.41) is 12.7. The third-order valence-electron chi connectivity index (χ3n) is 3.03. The molecule has 0 amide bonds. The number of nitrogens with one attached hydrogen (secondary N) is 1. The number of hydrogen-bond donors (Lipinski definition) is 2. The first-order chi connectivity index (χ1) is 9.60. The van der Waals surface area contributed by atoms with E-state index < -0.39 is 11.9 Å². The van der Waals surface area contributed by atoms with Crippen molar-refractivity contribution >= 4 is 18.6 Å². The van der Waals surface area contributed by atoms with Crippen molar-refractivity contribution in [3.05, 3.63) is 46.0 Å². The van der Waals surface area contributed by atoms with Crippen molar-refractivity contribution in [3.8, 4) is 6.07 Å². The standard InChI is InChI=1S/C14H14N2O3S/c1-3-19-14(17)11-8(2)16-13(20)10(6-15)12(11)9-4-5-18-7-9/h4-5,7,12,16,20H,3H2,1-2H3/t12-/m1/s1. The summed E-state index contributed by atoms with van der Waals surface area (Å²) in [7, 11) is 0. The number of dihydropyridines is 1. The molecule has 6 heteroatoms. The van der Waals surface area contributed by atoms with Crippen LogP contribution in [0.3, 0.4) is 0 Å². The van der Waals surface area contributed by atoms with Crippen molar-refractivity contribution in [1.82, 2.24) is 5.32 Å². The van der Waals surface area contributed by atoms with Gasteiger partial charge < -0.3 is 14.5 Å². The van der Waals surface area contributed by atoms with Crippen LogP contribution in [0.4, 0.5) is 0 Å². The zero-order valence-corrected chi connectivity index (χ0v) is 12.0. The van der Waals surface area contributed by atoms with Crippen LogP contribution in [-0.4, -0.2) is 12.6 Å². The Morgan fingerprint density at radius 1 is 1.65 bits per heavy atom. The molecule has 0 radical (unpaired) electrons. The fourth-order valence-corrected chi connectivity index (χ4v) is 2.53. The number of thiol groups is 1. The first-order valence-corrected chi connectivity index (χ1v) is 6.55. The van der Waals surface area contributed by atoms with Crippen LogP contribution in [0.15, 0.2) is 44.9 Å². The van der Waals surface area contributed by atoms with Gasteiger partial charge in [-0.2, -0.15) is 5.26 Å². The van der Waals surface area contributed by atoms with E-state index in [0.29, 0.717) is 21.9 Å². The van der Waals surface area contributed by atoms with Gasteiger partial charge in [-0.3, -0.25) is 0 Å². The van der Waals surface area contributed by atoms with Gasteiger partial charge in [-0.1, -0.05) is 0 Å². The highest BCUT2D eigenvalue weighted by Gasteiger charge is 2.34. The van der Waals surface area contributed by atoms with Gasteiger partial charge in [-0.25, -0.2) is 4.79 Å². The lowest BCUT2D eigenvalue weighted by Gasteiger charge is -2.26. The van der Waals surface area contributed by atoms with E-state index in [1.807, 2.05) is 0 Å². The Morgan fingerprint density at radius 2 is 2.40 bits per heavy atom. The molecule has 2 rings (SSSR count). The lowest BCUT2D eigenvalue weighted by Crippen LogP contribution is -2.27. The second-order valence-electron chi connectivity index (χ2n) is 4.25. The molecule has 0 saturated heterocycles. The fraction of sp³-hybridized carbons (Fsp3) is 0.286. The molecule has 0 aromatic carbocycles. The molecule has 1 atom stereocenters. The minimum atomic E-state index is -0.522. The summed E-state index contributed by atoms with van der Waals surface area (Å²) in [5.41, 5.74) is 2.11. The summed E-state index contributed by atoms with van der Waals surface area (Å²) in [6.45, 7) is 3.76. The number of allylic oxidation sites excluding steroid dienone is 2. The van der Waals surface area contributed by atoms with Crippen molar-refractivity contribution in [2.75, 3.05) is 6.61 Å². The molecule has 0 bridgehead atoms. The number of nitriles is 1. The Bertz CT molecular complexity index is 623. The highest BCUT2D eigenvalue weighted by Crippen LogP contribution is 2.39. The molecule has 20 heavy (non-hydrogen) atoms. The third kappa shape index (κ3) is 2.45.